The molecule has 3 aromatic rings. The molecule has 2 aromatic carbocycles. The standard InChI is InChI=1S/C23H25ClN4O3/c1-28(14-15-7-3-2-4-8-15)21-18(27-23(30)16-12-25-26-13-16)11-20(22(21)29)31-19-10-6-5-9-17(19)24/h2-10,12-13,18,20-22,29H,11,14H2,1H3,(H,25,26)(H,27,30)/t18-,20-,21+,22+/m1/s1. The number of nitrogens with zero attached hydrogens (tertiary/aromatic N) is 2. The van der Waals surface area contributed by atoms with Crippen LogP contribution in [0.15, 0.2) is 67.0 Å². The number of halogens is 1. The van der Waals surface area contributed by atoms with E-state index in [0.29, 0.717) is 29.3 Å². The highest BCUT2D eigenvalue weighted by Gasteiger charge is 2.46. The number of rotatable bonds is 7. The summed E-state index contributed by atoms with van der Waals surface area (Å²) < 4.78 is 6.07. The van der Waals surface area contributed by atoms with Crippen molar-refractivity contribution in [3.05, 3.63) is 83.1 Å². The number of likely N-dealkylation sites (N-methyl/N-ethyl adjacent to an activating group) is 1. The monoisotopic (exact) mass is 440 g/mol. The van der Waals surface area contributed by atoms with Crippen molar-refractivity contribution in [2.75, 3.05) is 7.05 Å². The number of amides is 1. The second-order valence-corrected chi connectivity index (χ2v) is 8.18. The summed E-state index contributed by atoms with van der Waals surface area (Å²) in [5, 5.41) is 21.2. The summed E-state index contributed by atoms with van der Waals surface area (Å²) in [6, 6.07) is 16.5. The van der Waals surface area contributed by atoms with Crippen LogP contribution in [0.1, 0.15) is 22.3 Å². The van der Waals surface area contributed by atoms with E-state index >= 15 is 0 Å². The van der Waals surface area contributed by atoms with Crippen LogP contribution in [0.4, 0.5) is 0 Å². The Morgan fingerprint density at radius 1 is 1.26 bits per heavy atom. The number of nitrogens with one attached hydrogen (secondary N) is 2. The fraction of sp³-hybridized carbons (Fsp3) is 0.304. The summed E-state index contributed by atoms with van der Waals surface area (Å²) in [4.78, 5) is 14.7. The largest absolute Gasteiger partial charge is 0.486 e. The van der Waals surface area contributed by atoms with Gasteiger partial charge in [0, 0.05) is 19.2 Å². The van der Waals surface area contributed by atoms with E-state index in [-0.39, 0.29) is 18.0 Å². The van der Waals surface area contributed by atoms with Crippen LogP contribution in [-0.2, 0) is 6.54 Å². The Hall–Kier alpha value is -2.87. The van der Waals surface area contributed by atoms with Gasteiger partial charge in [-0.05, 0) is 24.7 Å². The summed E-state index contributed by atoms with van der Waals surface area (Å²) in [6.45, 7) is 0.624. The average Bonchev–Trinajstić information content (AvgIpc) is 3.39. The summed E-state index contributed by atoms with van der Waals surface area (Å²) in [5.74, 6) is 0.266. The van der Waals surface area contributed by atoms with Crippen molar-refractivity contribution in [2.24, 2.45) is 0 Å². The number of benzene rings is 2. The molecule has 1 fully saturated rings. The Morgan fingerprint density at radius 2 is 2.00 bits per heavy atom. The molecule has 1 aromatic heterocycles. The molecule has 8 heteroatoms. The van der Waals surface area contributed by atoms with Gasteiger partial charge in [-0.3, -0.25) is 14.8 Å². The molecule has 0 bridgehead atoms. The smallest absolute Gasteiger partial charge is 0.254 e. The van der Waals surface area contributed by atoms with Crippen molar-refractivity contribution in [1.82, 2.24) is 20.4 Å². The maximum absolute atomic E-state index is 12.7. The van der Waals surface area contributed by atoms with Crippen LogP contribution in [-0.4, -0.2) is 57.5 Å². The summed E-state index contributed by atoms with van der Waals surface area (Å²) >= 11 is 6.25. The first-order valence-corrected chi connectivity index (χ1v) is 10.5. The van der Waals surface area contributed by atoms with Gasteiger partial charge in [0.05, 0.1) is 28.9 Å². The van der Waals surface area contributed by atoms with Crippen molar-refractivity contribution >= 4 is 17.5 Å². The van der Waals surface area contributed by atoms with Gasteiger partial charge in [0.2, 0.25) is 0 Å². The molecule has 162 valence electrons. The van der Waals surface area contributed by atoms with Gasteiger partial charge in [0.25, 0.3) is 5.91 Å². The van der Waals surface area contributed by atoms with Crippen LogP contribution in [0.2, 0.25) is 5.02 Å². The molecule has 1 amide bonds. The van der Waals surface area contributed by atoms with Crippen molar-refractivity contribution in [1.29, 1.82) is 0 Å². The Bertz CT molecular complexity index is 999. The number of aliphatic hydroxyl groups is 1. The van der Waals surface area contributed by atoms with E-state index in [1.807, 2.05) is 49.5 Å². The molecule has 0 saturated heterocycles. The van der Waals surface area contributed by atoms with Gasteiger partial charge in [-0.2, -0.15) is 5.10 Å². The first-order chi connectivity index (χ1) is 15.0. The molecule has 3 N–H and O–H groups in total. The van der Waals surface area contributed by atoms with Crippen molar-refractivity contribution < 1.29 is 14.6 Å². The summed E-state index contributed by atoms with van der Waals surface area (Å²) in [5.41, 5.74) is 1.56. The van der Waals surface area contributed by atoms with Crippen LogP contribution in [0.3, 0.4) is 0 Å². The van der Waals surface area contributed by atoms with Crippen molar-refractivity contribution in [3.63, 3.8) is 0 Å². The molecule has 4 atom stereocenters. The fourth-order valence-corrected chi connectivity index (χ4v) is 4.30. The zero-order valence-electron chi connectivity index (χ0n) is 17.1. The van der Waals surface area contributed by atoms with E-state index < -0.39 is 12.2 Å². The topological polar surface area (TPSA) is 90.5 Å². The van der Waals surface area contributed by atoms with Gasteiger partial charge < -0.3 is 15.2 Å². The molecule has 0 spiro atoms. The van der Waals surface area contributed by atoms with E-state index in [9.17, 15) is 9.90 Å². The molecule has 0 radical (unpaired) electrons. The lowest BCUT2D eigenvalue weighted by Gasteiger charge is -2.32. The zero-order chi connectivity index (χ0) is 21.8. The SMILES string of the molecule is CN(Cc1ccccc1)[C@@H]1[C@@H](O)[C@H](Oc2ccccc2Cl)C[C@H]1NC(=O)c1cn[nH]c1. The Labute approximate surface area is 186 Å². The van der Waals surface area contributed by atoms with Gasteiger partial charge in [0.15, 0.2) is 0 Å². The minimum Gasteiger partial charge on any atom is -0.486 e. The van der Waals surface area contributed by atoms with Crippen LogP contribution in [0.25, 0.3) is 0 Å². The normalized spacial score (nSPS) is 23.1. The van der Waals surface area contributed by atoms with Gasteiger partial charge >= 0.3 is 0 Å². The second-order valence-electron chi connectivity index (χ2n) is 7.77. The molecule has 4 rings (SSSR count). The third-order valence-electron chi connectivity index (χ3n) is 5.60. The molecular weight excluding hydrogens is 416 g/mol. The number of aromatic nitrogens is 2. The first-order valence-electron chi connectivity index (χ1n) is 10.2. The van der Waals surface area contributed by atoms with Crippen LogP contribution >= 0.6 is 11.6 Å². The molecular formula is C23H25ClN4O3. The Kier molecular flexibility index (Phi) is 6.56. The third kappa shape index (κ3) is 4.90. The first kappa shape index (κ1) is 21.4. The molecule has 1 saturated carbocycles. The lowest BCUT2D eigenvalue weighted by molar-refractivity contribution is 0.0125. The molecule has 7 nitrogen and oxygen atoms in total. The molecule has 0 aliphatic heterocycles. The Morgan fingerprint density at radius 3 is 2.71 bits per heavy atom. The highest BCUT2D eigenvalue weighted by Crippen LogP contribution is 2.32. The zero-order valence-corrected chi connectivity index (χ0v) is 17.9. The molecule has 1 heterocycles. The number of aromatic amines is 1. The number of ether oxygens (including phenoxy) is 1. The van der Waals surface area contributed by atoms with Crippen molar-refractivity contribution in [3.8, 4) is 5.75 Å². The highest BCUT2D eigenvalue weighted by molar-refractivity contribution is 6.32. The highest BCUT2D eigenvalue weighted by atomic mass is 35.5. The van der Waals surface area contributed by atoms with E-state index in [0.717, 1.165) is 5.56 Å². The number of para-hydroxylation sites is 1. The predicted octanol–water partition coefficient (Wildman–Crippen LogP) is 2.87. The minimum absolute atomic E-state index is 0.248. The lowest BCUT2D eigenvalue weighted by Crippen LogP contribution is -2.51. The lowest BCUT2D eigenvalue weighted by atomic mass is 10.1. The average molecular weight is 441 g/mol. The minimum atomic E-state index is -0.820. The number of hydrogen-bond donors (Lipinski definition) is 3. The predicted molar refractivity (Wildman–Crippen MR) is 118 cm³/mol. The number of carbonyl (C=O) groups is 1. The quantitative estimate of drug-likeness (QED) is 0.525. The van der Waals surface area contributed by atoms with Gasteiger partial charge in [-0.1, -0.05) is 54.1 Å². The summed E-state index contributed by atoms with van der Waals surface area (Å²) in [7, 11) is 1.94. The number of aliphatic hydroxyl groups excluding tert-OH is 1. The fourth-order valence-electron chi connectivity index (χ4n) is 4.12. The molecule has 31 heavy (non-hydrogen) atoms. The summed E-state index contributed by atoms with van der Waals surface area (Å²) in [6.07, 6.45) is 2.12. The van der Waals surface area contributed by atoms with Crippen LogP contribution < -0.4 is 10.1 Å². The van der Waals surface area contributed by atoms with E-state index in [1.165, 1.54) is 6.20 Å². The maximum Gasteiger partial charge on any atom is 0.254 e. The maximum atomic E-state index is 12.7. The van der Waals surface area contributed by atoms with Crippen LogP contribution in [0, 0.1) is 0 Å². The van der Waals surface area contributed by atoms with Crippen LogP contribution in [0.5, 0.6) is 5.75 Å². The third-order valence-corrected chi connectivity index (χ3v) is 5.92. The number of carbonyl (C=O) groups excluding carboxylic acids is 1. The molecule has 1 aliphatic carbocycles. The van der Waals surface area contributed by atoms with Gasteiger partial charge in [0.1, 0.15) is 18.0 Å². The number of H-pyrrole nitrogens is 1. The molecule has 1 aliphatic rings. The second kappa shape index (κ2) is 9.51. The molecule has 0 unspecified atom stereocenters. The van der Waals surface area contributed by atoms with E-state index in [2.05, 4.69) is 20.4 Å². The van der Waals surface area contributed by atoms with E-state index in [4.69, 9.17) is 16.3 Å². The number of hydrogen-bond acceptors (Lipinski definition) is 5. The van der Waals surface area contributed by atoms with Crippen molar-refractivity contribution in [2.45, 2.75) is 37.3 Å². The van der Waals surface area contributed by atoms with Gasteiger partial charge in [-0.15, -0.1) is 0 Å². The van der Waals surface area contributed by atoms with E-state index in [1.54, 1.807) is 18.3 Å². The Balaban J connectivity index is 1.54. The van der Waals surface area contributed by atoms with Gasteiger partial charge in [-0.25, -0.2) is 0 Å².